The van der Waals surface area contributed by atoms with Crippen LogP contribution in [0.2, 0.25) is 0 Å². The Hall–Kier alpha value is -1.08. The number of hydrogen-bond donors (Lipinski definition) is 2. The number of rotatable bonds is 3. The second-order valence-corrected chi connectivity index (χ2v) is 4.52. The Morgan fingerprint density at radius 3 is 2.61 bits per heavy atom. The first-order valence-electron chi connectivity index (χ1n) is 5.82. The van der Waals surface area contributed by atoms with Gasteiger partial charge in [0.25, 0.3) is 0 Å². The van der Waals surface area contributed by atoms with Gasteiger partial charge in [0.1, 0.15) is 11.6 Å². The summed E-state index contributed by atoms with van der Waals surface area (Å²) in [6.07, 6.45) is -0.227. The van der Waals surface area contributed by atoms with Crippen LogP contribution in [-0.2, 0) is 4.74 Å². The largest absolute Gasteiger partial charge is 0.374 e. The Bertz CT molecular complexity index is 396. The predicted octanol–water partition coefficient (Wildman–Crippen LogP) is 0.800. The monoisotopic (exact) mass is 257 g/mol. The third kappa shape index (κ3) is 3.02. The molecule has 3 N–H and O–H groups in total. The highest BCUT2D eigenvalue weighted by atomic mass is 19.1. The van der Waals surface area contributed by atoms with Crippen molar-refractivity contribution in [2.45, 2.75) is 12.1 Å². The van der Waals surface area contributed by atoms with Crippen molar-refractivity contribution in [3.8, 4) is 0 Å². The van der Waals surface area contributed by atoms with Crippen molar-refractivity contribution in [1.29, 1.82) is 0 Å². The second kappa shape index (κ2) is 5.71. The van der Waals surface area contributed by atoms with Crippen LogP contribution >= 0.6 is 0 Å². The van der Waals surface area contributed by atoms with Crippen molar-refractivity contribution in [1.82, 2.24) is 10.3 Å². The zero-order valence-electron chi connectivity index (χ0n) is 10.2. The molecule has 1 aliphatic heterocycles. The van der Waals surface area contributed by atoms with Gasteiger partial charge in [0.15, 0.2) is 0 Å². The van der Waals surface area contributed by atoms with Crippen molar-refractivity contribution in [3.63, 3.8) is 0 Å². The first kappa shape index (κ1) is 13.4. The van der Waals surface area contributed by atoms with Crippen LogP contribution in [0.15, 0.2) is 18.2 Å². The highest BCUT2D eigenvalue weighted by molar-refractivity contribution is 5.22. The quantitative estimate of drug-likeness (QED) is 0.621. The van der Waals surface area contributed by atoms with E-state index >= 15 is 0 Å². The number of benzene rings is 1. The lowest BCUT2D eigenvalue weighted by Gasteiger charge is -2.35. The van der Waals surface area contributed by atoms with Crippen LogP contribution in [0, 0.1) is 11.6 Å². The number of hydrazine groups is 1. The molecule has 0 aliphatic carbocycles. The first-order valence-corrected chi connectivity index (χ1v) is 5.82. The lowest BCUT2D eigenvalue weighted by Crippen LogP contribution is -2.48. The van der Waals surface area contributed by atoms with Crippen molar-refractivity contribution < 1.29 is 13.5 Å². The number of ether oxygens (including phenoxy) is 1. The molecule has 1 heterocycles. The van der Waals surface area contributed by atoms with Crippen LogP contribution in [0.3, 0.4) is 0 Å². The number of likely N-dealkylation sites (N-methyl/N-ethyl adjacent to an activating group) is 1. The topological polar surface area (TPSA) is 50.5 Å². The van der Waals surface area contributed by atoms with Gasteiger partial charge in [-0.25, -0.2) is 8.78 Å². The van der Waals surface area contributed by atoms with Gasteiger partial charge in [-0.3, -0.25) is 11.3 Å². The lowest BCUT2D eigenvalue weighted by molar-refractivity contribution is -0.0393. The third-order valence-corrected chi connectivity index (χ3v) is 3.09. The summed E-state index contributed by atoms with van der Waals surface area (Å²) in [5.41, 5.74) is 3.03. The summed E-state index contributed by atoms with van der Waals surface area (Å²) in [6.45, 7) is 2.08. The van der Waals surface area contributed by atoms with Gasteiger partial charge in [0.05, 0.1) is 18.8 Å². The summed E-state index contributed by atoms with van der Waals surface area (Å²) in [6, 6.07) is 2.94. The molecule has 0 saturated carbocycles. The fourth-order valence-corrected chi connectivity index (χ4v) is 2.19. The molecule has 0 bridgehead atoms. The van der Waals surface area contributed by atoms with E-state index in [9.17, 15) is 8.78 Å². The molecule has 1 fully saturated rings. The van der Waals surface area contributed by atoms with Gasteiger partial charge in [-0.1, -0.05) is 0 Å². The highest BCUT2D eigenvalue weighted by Gasteiger charge is 2.27. The molecule has 2 atom stereocenters. The maximum atomic E-state index is 13.2. The van der Waals surface area contributed by atoms with E-state index in [4.69, 9.17) is 10.6 Å². The number of nitrogens with two attached hydrogens (primary N) is 1. The number of hydrogen-bond acceptors (Lipinski definition) is 4. The highest BCUT2D eigenvalue weighted by Crippen LogP contribution is 2.23. The molecule has 1 aromatic rings. The van der Waals surface area contributed by atoms with E-state index in [1.165, 1.54) is 12.1 Å². The summed E-state index contributed by atoms with van der Waals surface area (Å²) < 4.78 is 32.0. The van der Waals surface area contributed by atoms with Gasteiger partial charge in [-0.05, 0) is 24.7 Å². The van der Waals surface area contributed by atoms with Crippen LogP contribution in [0.4, 0.5) is 8.78 Å². The molecule has 1 aliphatic rings. The lowest BCUT2D eigenvalue weighted by atomic mass is 10.0. The minimum absolute atomic E-state index is 0.227. The van der Waals surface area contributed by atoms with Crippen LogP contribution in [0.5, 0.6) is 0 Å². The minimum Gasteiger partial charge on any atom is -0.374 e. The van der Waals surface area contributed by atoms with E-state index in [0.29, 0.717) is 18.7 Å². The van der Waals surface area contributed by atoms with Gasteiger partial charge < -0.3 is 9.64 Å². The molecule has 0 spiro atoms. The molecular weight excluding hydrogens is 240 g/mol. The maximum Gasteiger partial charge on any atom is 0.126 e. The fourth-order valence-electron chi connectivity index (χ4n) is 2.19. The smallest absolute Gasteiger partial charge is 0.126 e. The molecule has 4 nitrogen and oxygen atoms in total. The Labute approximate surface area is 105 Å². The van der Waals surface area contributed by atoms with E-state index in [2.05, 4.69) is 10.3 Å². The molecule has 2 rings (SSSR count). The summed E-state index contributed by atoms with van der Waals surface area (Å²) >= 11 is 0. The van der Waals surface area contributed by atoms with Crippen LogP contribution < -0.4 is 11.3 Å². The number of morpholine rings is 1. The zero-order chi connectivity index (χ0) is 13.1. The van der Waals surface area contributed by atoms with E-state index < -0.39 is 17.7 Å². The van der Waals surface area contributed by atoms with Crippen molar-refractivity contribution in [3.05, 3.63) is 35.4 Å². The Morgan fingerprint density at radius 1 is 1.39 bits per heavy atom. The second-order valence-electron chi connectivity index (χ2n) is 4.52. The fraction of sp³-hybridized carbons (Fsp3) is 0.500. The minimum atomic E-state index is -0.616. The number of nitrogens with zero attached hydrogens (tertiary/aromatic N) is 1. The summed E-state index contributed by atoms with van der Waals surface area (Å²) in [5.74, 6) is 4.26. The van der Waals surface area contributed by atoms with Crippen molar-refractivity contribution >= 4 is 0 Å². The molecule has 1 aromatic carbocycles. The summed E-state index contributed by atoms with van der Waals surface area (Å²) in [4.78, 5) is 2.09. The molecule has 2 unspecified atom stereocenters. The molecule has 1 saturated heterocycles. The van der Waals surface area contributed by atoms with E-state index in [1.54, 1.807) is 0 Å². The summed E-state index contributed by atoms with van der Waals surface area (Å²) in [5, 5.41) is 0. The van der Waals surface area contributed by atoms with Crippen molar-refractivity contribution in [2.24, 2.45) is 5.84 Å². The number of nitrogens with one attached hydrogen (secondary N) is 1. The SMILES string of the molecule is CN1CCOC(C(NN)c2cc(F)cc(F)c2)C1. The third-order valence-electron chi connectivity index (χ3n) is 3.09. The van der Waals surface area contributed by atoms with Crippen LogP contribution in [0.25, 0.3) is 0 Å². The Morgan fingerprint density at radius 2 is 2.06 bits per heavy atom. The van der Waals surface area contributed by atoms with E-state index in [-0.39, 0.29) is 6.10 Å². The van der Waals surface area contributed by atoms with Gasteiger partial charge in [-0.2, -0.15) is 0 Å². The van der Waals surface area contributed by atoms with Gasteiger partial charge in [-0.15, -0.1) is 0 Å². The average molecular weight is 257 g/mol. The van der Waals surface area contributed by atoms with Gasteiger partial charge in [0, 0.05) is 19.2 Å². The molecule has 0 aromatic heterocycles. The molecule has 100 valence electrons. The van der Waals surface area contributed by atoms with Crippen LogP contribution in [0.1, 0.15) is 11.6 Å². The van der Waals surface area contributed by atoms with E-state index in [0.717, 1.165) is 12.6 Å². The van der Waals surface area contributed by atoms with Crippen LogP contribution in [-0.4, -0.2) is 37.7 Å². The molecule has 0 radical (unpaired) electrons. The average Bonchev–Trinajstić information content (AvgIpc) is 2.28. The molecular formula is C12H17F2N3O. The van der Waals surface area contributed by atoms with Gasteiger partial charge >= 0.3 is 0 Å². The molecule has 0 amide bonds. The maximum absolute atomic E-state index is 13.2. The first-order chi connectivity index (χ1) is 8.60. The Kier molecular flexibility index (Phi) is 4.23. The normalized spacial score (nSPS) is 23.0. The van der Waals surface area contributed by atoms with Gasteiger partial charge in [0.2, 0.25) is 0 Å². The summed E-state index contributed by atoms with van der Waals surface area (Å²) in [7, 11) is 1.97. The number of halogens is 2. The zero-order valence-corrected chi connectivity index (χ0v) is 10.2. The predicted molar refractivity (Wildman–Crippen MR) is 63.7 cm³/mol. The van der Waals surface area contributed by atoms with E-state index in [1.807, 2.05) is 7.05 Å². The van der Waals surface area contributed by atoms with Crippen molar-refractivity contribution in [2.75, 3.05) is 26.7 Å². The Balaban J connectivity index is 2.21. The molecule has 18 heavy (non-hydrogen) atoms. The molecule has 6 heteroatoms. The standard InChI is InChI=1S/C12H17F2N3O/c1-17-2-3-18-11(7-17)12(16-15)8-4-9(13)6-10(14)5-8/h4-6,11-12,16H,2-3,7,15H2,1H3.